The van der Waals surface area contributed by atoms with Gasteiger partial charge in [0.2, 0.25) is 11.8 Å². The maximum absolute atomic E-state index is 14.2. The number of piperazine rings is 1. The molecule has 0 spiro atoms. The average molecular weight is 570 g/mol. The molecule has 2 fully saturated rings. The second kappa shape index (κ2) is 11.1. The number of fused-ring (bicyclic) bond motifs is 3. The van der Waals surface area contributed by atoms with Crippen molar-refractivity contribution in [2.45, 2.75) is 64.1 Å². The van der Waals surface area contributed by atoms with E-state index >= 15 is 0 Å². The monoisotopic (exact) mass is 569 g/mol. The number of alkyl carbamates (subject to hydrolysis) is 1. The third-order valence-electron chi connectivity index (χ3n) is 7.55. The highest BCUT2D eigenvalue weighted by Gasteiger charge is 2.46. The Hall–Kier alpha value is -3.60. The van der Waals surface area contributed by atoms with Crippen molar-refractivity contribution in [3.63, 3.8) is 0 Å². The summed E-state index contributed by atoms with van der Waals surface area (Å²) in [6.07, 6.45) is 2.67. The minimum absolute atomic E-state index is 0.0125. The second-order valence-electron chi connectivity index (χ2n) is 11.5. The maximum Gasteiger partial charge on any atom is 0.407 e. The number of anilines is 3. The second-order valence-corrected chi connectivity index (χ2v) is 11.9. The molecule has 11 nitrogen and oxygen atoms in total. The molecule has 2 saturated heterocycles. The van der Waals surface area contributed by atoms with Crippen molar-refractivity contribution in [3.05, 3.63) is 41.2 Å². The number of hydrogen-bond donors (Lipinski definition) is 2. The molecule has 2 unspecified atom stereocenters. The number of ether oxygens (including phenoxy) is 1. The molecule has 1 aromatic heterocycles. The standard InChI is InChI=1S/C28H36ClN7O4/c1-5-34-15-22(37)33-24-23(34)25(32-16-31-24)35-13-19-10-11-20(14-35)36(19)26(38)21(17-6-8-18(29)9-7-17)12-30-27(39)40-28(2,3)4/h6-9,16,19-21H,5,10-15H2,1-4H3,(H,30,39)(H,31,32,33,37)/t19?,20?,21-/m1/s1. The molecule has 2 bridgehead atoms. The maximum atomic E-state index is 14.2. The number of rotatable bonds is 6. The molecule has 2 aromatic rings. The van der Waals surface area contributed by atoms with E-state index in [1.807, 2.05) is 28.9 Å². The lowest BCUT2D eigenvalue weighted by Gasteiger charge is -2.44. The molecule has 2 N–H and O–H groups in total. The van der Waals surface area contributed by atoms with Crippen LogP contribution < -0.4 is 20.4 Å². The fourth-order valence-electron chi connectivity index (χ4n) is 5.84. The van der Waals surface area contributed by atoms with Gasteiger partial charge < -0.3 is 30.1 Å². The highest BCUT2D eigenvalue weighted by Crippen LogP contribution is 2.40. The van der Waals surface area contributed by atoms with Gasteiger partial charge in [0, 0.05) is 43.3 Å². The molecule has 12 heteroatoms. The third kappa shape index (κ3) is 5.79. The first-order chi connectivity index (χ1) is 19.0. The molecule has 0 saturated carbocycles. The van der Waals surface area contributed by atoms with Crippen LogP contribution in [0.1, 0.15) is 52.0 Å². The summed E-state index contributed by atoms with van der Waals surface area (Å²) >= 11 is 6.13. The predicted molar refractivity (Wildman–Crippen MR) is 153 cm³/mol. The largest absolute Gasteiger partial charge is 0.444 e. The molecule has 1 aromatic carbocycles. The Labute approximate surface area is 239 Å². The number of carbonyl (C=O) groups excluding carboxylic acids is 3. The van der Waals surface area contributed by atoms with Crippen LogP contribution in [0.15, 0.2) is 30.6 Å². The van der Waals surface area contributed by atoms with Crippen LogP contribution in [0.25, 0.3) is 0 Å². The summed E-state index contributed by atoms with van der Waals surface area (Å²) in [5.74, 6) is 0.583. The molecule has 40 heavy (non-hydrogen) atoms. The number of benzene rings is 1. The lowest BCUT2D eigenvalue weighted by molar-refractivity contribution is -0.136. The van der Waals surface area contributed by atoms with Crippen molar-refractivity contribution >= 4 is 46.8 Å². The lowest BCUT2D eigenvalue weighted by Crippen LogP contribution is -2.58. The Balaban J connectivity index is 1.37. The molecular formula is C28H36ClN7O4. The summed E-state index contributed by atoms with van der Waals surface area (Å²) in [5, 5.41) is 6.24. The Morgan fingerprint density at radius 3 is 2.45 bits per heavy atom. The van der Waals surface area contributed by atoms with Crippen molar-refractivity contribution in [2.75, 3.05) is 47.8 Å². The molecule has 3 aliphatic rings. The van der Waals surface area contributed by atoms with Crippen LogP contribution in [-0.4, -0.2) is 83.2 Å². The Bertz CT molecular complexity index is 1270. The van der Waals surface area contributed by atoms with Gasteiger partial charge in [-0.2, -0.15) is 0 Å². The van der Waals surface area contributed by atoms with Crippen LogP contribution in [0.3, 0.4) is 0 Å². The minimum Gasteiger partial charge on any atom is -0.444 e. The fraction of sp³-hybridized carbons (Fsp3) is 0.536. The van der Waals surface area contributed by atoms with Crippen molar-refractivity contribution in [1.29, 1.82) is 0 Å². The number of likely N-dealkylation sites (N-methyl/N-ethyl adjacent to an activating group) is 1. The normalized spacial score (nSPS) is 21.0. The molecular weight excluding hydrogens is 534 g/mol. The fourth-order valence-corrected chi connectivity index (χ4v) is 5.96. The van der Waals surface area contributed by atoms with E-state index in [1.165, 1.54) is 6.33 Å². The van der Waals surface area contributed by atoms with Gasteiger partial charge in [-0.25, -0.2) is 14.8 Å². The van der Waals surface area contributed by atoms with E-state index in [0.717, 1.165) is 29.9 Å². The van der Waals surface area contributed by atoms with Crippen molar-refractivity contribution in [3.8, 4) is 0 Å². The van der Waals surface area contributed by atoms with Crippen LogP contribution in [0.2, 0.25) is 5.02 Å². The first kappa shape index (κ1) is 27.9. The van der Waals surface area contributed by atoms with E-state index in [1.54, 1.807) is 32.9 Å². The third-order valence-corrected chi connectivity index (χ3v) is 7.80. The van der Waals surface area contributed by atoms with Crippen LogP contribution in [0, 0.1) is 0 Å². The van der Waals surface area contributed by atoms with E-state index in [0.29, 0.717) is 30.5 Å². The number of halogens is 1. The van der Waals surface area contributed by atoms with Crippen LogP contribution in [-0.2, 0) is 14.3 Å². The zero-order chi connectivity index (χ0) is 28.6. The summed E-state index contributed by atoms with van der Waals surface area (Å²) in [7, 11) is 0. The first-order valence-electron chi connectivity index (χ1n) is 13.7. The Morgan fingerprint density at radius 1 is 1.15 bits per heavy atom. The van der Waals surface area contributed by atoms with E-state index in [-0.39, 0.29) is 37.0 Å². The van der Waals surface area contributed by atoms with Crippen LogP contribution >= 0.6 is 11.6 Å². The van der Waals surface area contributed by atoms with Gasteiger partial charge in [-0.15, -0.1) is 0 Å². The zero-order valence-corrected chi connectivity index (χ0v) is 24.1. The smallest absolute Gasteiger partial charge is 0.407 e. The van der Waals surface area contributed by atoms with Gasteiger partial charge in [-0.05, 0) is 58.2 Å². The quantitative estimate of drug-likeness (QED) is 0.543. The van der Waals surface area contributed by atoms with Gasteiger partial charge in [-0.1, -0.05) is 23.7 Å². The SMILES string of the molecule is CCN1CC(=O)Nc2ncnc(N3CC4CCC(C3)N4C(=O)[C@H](CNC(=O)OC(C)(C)C)c3ccc(Cl)cc3)c21. The first-order valence-corrected chi connectivity index (χ1v) is 14.1. The van der Waals surface area contributed by atoms with Gasteiger partial charge in [0.25, 0.3) is 0 Å². The van der Waals surface area contributed by atoms with Gasteiger partial charge in [0.05, 0.1) is 12.5 Å². The van der Waals surface area contributed by atoms with Gasteiger partial charge >= 0.3 is 6.09 Å². The Kier molecular flexibility index (Phi) is 7.76. The molecule has 3 aliphatic heterocycles. The molecule has 214 valence electrons. The van der Waals surface area contributed by atoms with Crippen LogP contribution in [0.5, 0.6) is 0 Å². The number of carbonyl (C=O) groups is 3. The summed E-state index contributed by atoms with van der Waals surface area (Å²) in [4.78, 5) is 53.9. The van der Waals surface area contributed by atoms with Crippen LogP contribution in [0.4, 0.5) is 22.1 Å². The van der Waals surface area contributed by atoms with Gasteiger partial charge in [-0.3, -0.25) is 9.59 Å². The molecule has 0 aliphatic carbocycles. The molecule has 3 atom stereocenters. The van der Waals surface area contributed by atoms with E-state index in [4.69, 9.17) is 16.3 Å². The van der Waals surface area contributed by atoms with Crippen molar-refractivity contribution in [1.82, 2.24) is 20.2 Å². The Morgan fingerprint density at radius 2 is 1.82 bits per heavy atom. The van der Waals surface area contributed by atoms with E-state index < -0.39 is 17.6 Å². The number of amides is 3. The summed E-state index contributed by atoms with van der Waals surface area (Å²) in [5.41, 5.74) is 0.964. The van der Waals surface area contributed by atoms with Crippen molar-refractivity contribution in [2.24, 2.45) is 0 Å². The number of hydrogen-bond acceptors (Lipinski definition) is 8. The summed E-state index contributed by atoms with van der Waals surface area (Å²) in [6.45, 7) is 9.65. The number of aromatic nitrogens is 2. The molecule has 4 heterocycles. The predicted octanol–water partition coefficient (Wildman–Crippen LogP) is 3.40. The molecule has 0 radical (unpaired) electrons. The van der Waals surface area contributed by atoms with Gasteiger partial charge in [0.15, 0.2) is 11.6 Å². The van der Waals surface area contributed by atoms with E-state index in [2.05, 4.69) is 25.5 Å². The highest BCUT2D eigenvalue weighted by molar-refractivity contribution is 6.30. The topological polar surface area (TPSA) is 120 Å². The number of nitrogens with zero attached hydrogens (tertiary/aromatic N) is 5. The minimum atomic E-state index is -0.643. The summed E-state index contributed by atoms with van der Waals surface area (Å²) in [6, 6.07) is 7.16. The molecule has 3 amide bonds. The number of nitrogens with one attached hydrogen (secondary N) is 2. The zero-order valence-electron chi connectivity index (χ0n) is 23.3. The van der Waals surface area contributed by atoms with Gasteiger partial charge in [0.1, 0.15) is 17.6 Å². The van der Waals surface area contributed by atoms with E-state index in [9.17, 15) is 14.4 Å². The average Bonchev–Trinajstić information content (AvgIpc) is 3.16. The summed E-state index contributed by atoms with van der Waals surface area (Å²) < 4.78 is 5.41. The van der Waals surface area contributed by atoms with Crippen molar-refractivity contribution < 1.29 is 19.1 Å². The lowest BCUT2D eigenvalue weighted by atomic mass is 9.96. The molecule has 5 rings (SSSR count). The highest BCUT2D eigenvalue weighted by atomic mass is 35.5.